The van der Waals surface area contributed by atoms with Gasteiger partial charge in [0, 0.05) is 33.7 Å². The Morgan fingerprint density at radius 3 is 2.38 bits per heavy atom. The maximum absolute atomic E-state index is 11.4. The molecule has 16 heavy (non-hydrogen) atoms. The van der Waals surface area contributed by atoms with Gasteiger partial charge < -0.3 is 19.5 Å². The number of nitrogens with one attached hydrogen (secondary N) is 1. The molecular weight excluding hydrogens is 214 g/mol. The van der Waals surface area contributed by atoms with Gasteiger partial charge >= 0.3 is 11.9 Å². The number of hydrogen-bond donors (Lipinski definition) is 1. The highest BCUT2D eigenvalue weighted by Crippen LogP contribution is 2.21. The topological polar surface area (TPSA) is 73.9 Å². The fourth-order valence-electron chi connectivity index (χ4n) is 1.11. The van der Waals surface area contributed by atoms with Gasteiger partial charge in [-0.3, -0.25) is 0 Å². The highest BCUT2D eigenvalue weighted by atomic mass is 16.7. The third-order valence-electron chi connectivity index (χ3n) is 1.81. The zero-order chi connectivity index (χ0) is 12.2. The molecule has 0 aliphatic carbocycles. The third-order valence-corrected chi connectivity index (χ3v) is 1.81. The molecule has 1 heterocycles. The average molecular weight is 229 g/mol. The molecule has 1 rings (SSSR count). The Hall–Kier alpha value is -1.56. The Labute approximate surface area is 93.5 Å². The van der Waals surface area contributed by atoms with Crippen LogP contribution in [-0.2, 0) is 23.8 Å². The lowest BCUT2D eigenvalue weighted by Crippen LogP contribution is -2.42. The predicted molar refractivity (Wildman–Crippen MR) is 54.2 cm³/mol. The molecular formula is C10H15NO5. The summed E-state index contributed by atoms with van der Waals surface area (Å²) in [6.45, 7) is 3.96. The van der Waals surface area contributed by atoms with Crippen molar-refractivity contribution in [3.8, 4) is 0 Å². The van der Waals surface area contributed by atoms with E-state index < -0.39 is 17.7 Å². The number of carbonyl (C=O) groups is 2. The van der Waals surface area contributed by atoms with Crippen LogP contribution < -0.4 is 5.32 Å². The highest BCUT2D eigenvalue weighted by molar-refractivity contribution is 6.15. The van der Waals surface area contributed by atoms with Gasteiger partial charge in [-0.1, -0.05) is 0 Å². The molecule has 0 atom stereocenters. The van der Waals surface area contributed by atoms with Crippen LogP contribution in [0.2, 0.25) is 0 Å². The Morgan fingerprint density at radius 1 is 1.31 bits per heavy atom. The van der Waals surface area contributed by atoms with E-state index in [1.807, 2.05) is 0 Å². The van der Waals surface area contributed by atoms with E-state index in [1.165, 1.54) is 20.0 Å². The maximum atomic E-state index is 11.4. The fourth-order valence-corrected chi connectivity index (χ4v) is 1.11. The van der Waals surface area contributed by atoms with Crippen molar-refractivity contribution in [2.75, 3.05) is 20.3 Å². The minimum absolute atomic E-state index is 0.143. The summed E-state index contributed by atoms with van der Waals surface area (Å²) in [5, 5.41) is 2.76. The zero-order valence-electron chi connectivity index (χ0n) is 9.53. The van der Waals surface area contributed by atoms with Gasteiger partial charge in [0.05, 0.1) is 6.61 Å². The molecule has 1 saturated heterocycles. The van der Waals surface area contributed by atoms with Crippen LogP contribution in [0.5, 0.6) is 0 Å². The molecule has 1 N–H and O–H groups in total. The molecule has 0 aromatic rings. The predicted octanol–water partition coefficient (Wildman–Crippen LogP) is -0.0576. The summed E-state index contributed by atoms with van der Waals surface area (Å²) >= 11 is 0. The quantitative estimate of drug-likeness (QED) is 0.315. The molecule has 90 valence electrons. The number of hydrogen-bond acceptors (Lipinski definition) is 6. The molecule has 1 aliphatic rings. The smallest absolute Gasteiger partial charge is 0.350 e. The van der Waals surface area contributed by atoms with Gasteiger partial charge in [-0.25, -0.2) is 9.59 Å². The standard InChI is InChI=1S/C10H15NO5/c1-10(2)15-8(12)7(9(13)16-10)6-11-4-5-14-3/h6,11H,4-5H2,1-3H3. The number of carbonyl (C=O) groups excluding carboxylic acids is 2. The van der Waals surface area contributed by atoms with E-state index in [-0.39, 0.29) is 5.57 Å². The molecule has 0 saturated carbocycles. The van der Waals surface area contributed by atoms with E-state index in [4.69, 9.17) is 14.2 Å². The van der Waals surface area contributed by atoms with Crippen molar-refractivity contribution in [1.82, 2.24) is 5.32 Å². The van der Waals surface area contributed by atoms with Crippen molar-refractivity contribution in [1.29, 1.82) is 0 Å². The second kappa shape index (κ2) is 4.98. The third kappa shape index (κ3) is 3.23. The van der Waals surface area contributed by atoms with Gasteiger partial charge in [0.1, 0.15) is 0 Å². The molecule has 6 heteroatoms. The largest absolute Gasteiger partial charge is 0.419 e. The normalized spacial score (nSPS) is 18.8. The Kier molecular flexibility index (Phi) is 3.89. The summed E-state index contributed by atoms with van der Waals surface area (Å²) in [5.41, 5.74) is -0.143. The number of esters is 2. The molecule has 0 aromatic heterocycles. The number of methoxy groups -OCH3 is 1. The van der Waals surface area contributed by atoms with Gasteiger partial charge in [0.15, 0.2) is 5.57 Å². The summed E-state index contributed by atoms with van der Waals surface area (Å²) in [6.07, 6.45) is 1.28. The summed E-state index contributed by atoms with van der Waals surface area (Å²) in [6, 6.07) is 0. The SMILES string of the molecule is COCCNC=C1C(=O)OC(C)(C)OC1=O. The van der Waals surface area contributed by atoms with E-state index in [1.54, 1.807) is 7.11 Å². The monoisotopic (exact) mass is 229 g/mol. The second-order valence-electron chi connectivity index (χ2n) is 3.68. The lowest BCUT2D eigenvalue weighted by molar-refractivity contribution is -0.222. The minimum Gasteiger partial charge on any atom is -0.419 e. The van der Waals surface area contributed by atoms with Crippen molar-refractivity contribution >= 4 is 11.9 Å². The van der Waals surface area contributed by atoms with Crippen molar-refractivity contribution in [3.05, 3.63) is 11.8 Å². The summed E-state index contributed by atoms with van der Waals surface area (Å²) in [7, 11) is 1.56. The first-order valence-electron chi connectivity index (χ1n) is 4.85. The van der Waals surface area contributed by atoms with E-state index in [0.29, 0.717) is 13.2 Å². The first kappa shape index (κ1) is 12.5. The molecule has 1 aliphatic heterocycles. The summed E-state index contributed by atoms with van der Waals surface area (Å²) in [4.78, 5) is 22.8. The zero-order valence-corrected chi connectivity index (χ0v) is 9.53. The molecule has 0 unspecified atom stereocenters. The van der Waals surface area contributed by atoms with Crippen LogP contribution in [0.3, 0.4) is 0 Å². The Balaban J connectivity index is 2.60. The van der Waals surface area contributed by atoms with Gasteiger partial charge in [-0.15, -0.1) is 0 Å². The van der Waals surface area contributed by atoms with Crippen LogP contribution in [0, 0.1) is 0 Å². The Bertz CT molecular complexity index is 299. The molecule has 0 radical (unpaired) electrons. The van der Waals surface area contributed by atoms with E-state index >= 15 is 0 Å². The van der Waals surface area contributed by atoms with E-state index in [9.17, 15) is 9.59 Å². The molecule has 0 aromatic carbocycles. The van der Waals surface area contributed by atoms with Crippen molar-refractivity contribution in [3.63, 3.8) is 0 Å². The lowest BCUT2D eigenvalue weighted by Gasteiger charge is -2.29. The first-order chi connectivity index (χ1) is 7.46. The number of ether oxygens (including phenoxy) is 3. The van der Waals surface area contributed by atoms with Crippen molar-refractivity contribution in [2.24, 2.45) is 0 Å². The van der Waals surface area contributed by atoms with Crippen molar-refractivity contribution in [2.45, 2.75) is 19.6 Å². The fraction of sp³-hybridized carbons (Fsp3) is 0.600. The lowest BCUT2D eigenvalue weighted by atomic mass is 10.2. The first-order valence-corrected chi connectivity index (χ1v) is 4.85. The van der Waals surface area contributed by atoms with Crippen LogP contribution in [0.4, 0.5) is 0 Å². The van der Waals surface area contributed by atoms with Crippen LogP contribution in [0.15, 0.2) is 11.8 Å². The highest BCUT2D eigenvalue weighted by Gasteiger charge is 2.38. The minimum atomic E-state index is -1.20. The van der Waals surface area contributed by atoms with Crippen LogP contribution >= 0.6 is 0 Å². The average Bonchev–Trinajstić information content (AvgIpc) is 2.13. The van der Waals surface area contributed by atoms with E-state index in [2.05, 4.69) is 5.32 Å². The molecule has 0 bridgehead atoms. The van der Waals surface area contributed by atoms with Crippen LogP contribution in [-0.4, -0.2) is 38.0 Å². The molecule has 0 spiro atoms. The molecule has 1 fully saturated rings. The van der Waals surface area contributed by atoms with Crippen LogP contribution in [0.25, 0.3) is 0 Å². The summed E-state index contributed by atoms with van der Waals surface area (Å²) < 4.78 is 14.6. The van der Waals surface area contributed by atoms with Gasteiger partial charge in [0.25, 0.3) is 5.79 Å². The second-order valence-corrected chi connectivity index (χ2v) is 3.68. The van der Waals surface area contributed by atoms with Crippen LogP contribution in [0.1, 0.15) is 13.8 Å². The molecule has 0 amide bonds. The summed E-state index contributed by atoms with van der Waals surface area (Å²) in [5.74, 6) is -2.57. The Morgan fingerprint density at radius 2 is 1.88 bits per heavy atom. The number of cyclic esters (lactones) is 2. The van der Waals surface area contributed by atoms with Gasteiger partial charge in [-0.2, -0.15) is 0 Å². The van der Waals surface area contributed by atoms with E-state index in [0.717, 1.165) is 0 Å². The van der Waals surface area contributed by atoms with Gasteiger partial charge in [0.2, 0.25) is 0 Å². The van der Waals surface area contributed by atoms with Crippen molar-refractivity contribution < 1.29 is 23.8 Å². The maximum Gasteiger partial charge on any atom is 0.350 e. The number of rotatable bonds is 4. The van der Waals surface area contributed by atoms with Gasteiger partial charge in [-0.05, 0) is 0 Å². The molecule has 6 nitrogen and oxygen atoms in total.